The molecule has 0 aliphatic rings. The van der Waals surface area contributed by atoms with Crippen molar-refractivity contribution in [1.29, 1.82) is 0 Å². The molecule has 170 valence electrons. The summed E-state index contributed by atoms with van der Waals surface area (Å²) in [5.41, 5.74) is 1.71. The van der Waals surface area contributed by atoms with Crippen molar-refractivity contribution in [3.05, 3.63) is 71.8 Å². The van der Waals surface area contributed by atoms with E-state index in [1.165, 1.54) is 7.11 Å². The van der Waals surface area contributed by atoms with E-state index in [4.69, 9.17) is 17.0 Å². The van der Waals surface area contributed by atoms with Crippen LogP contribution in [0, 0.1) is 0 Å². The first-order valence-electron chi connectivity index (χ1n) is 10.0. The highest BCUT2D eigenvalue weighted by Gasteiger charge is 2.23. The lowest BCUT2D eigenvalue weighted by Gasteiger charge is -2.19. The summed E-state index contributed by atoms with van der Waals surface area (Å²) in [5.74, 6) is -0.899. The van der Waals surface area contributed by atoms with Gasteiger partial charge in [0.15, 0.2) is 0 Å². The first-order valence-corrected chi connectivity index (χ1v) is 10.5. The lowest BCUT2D eigenvalue weighted by atomic mass is 10.1. The van der Waals surface area contributed by atoms with Gasteiger partial charge in [0.05, 0.1) is 18.6 Å². The number of alkyl carbamates (subject to hydrolysis) is 1. The third-order valence-corrected chi connectivity index (χ3v) is 4.72. The molecular formula is C23H27N3O5S. The smallest absolute Gasteiger partial charge is 0.408 e. The molecule has 0 heterocycles. The minimum absolute atomic E-state index is 0.00152. The molecule has 2 aromatic carbocycles. The van der Waals surface area contributed by atoms with E-state index in [-0.39, 0.29) is 24.6 Å². The van der Waals surface area contributed by atoms with E-state index in [9.17, 15) is 14.4 Å². The minimum atomic E-state index is -0.874. The molecule has 0 bridgehead atoms. The van der Waals surface area contributed by atoms with Gasteiger partial charge >= 0.3 is 12.1 Å². The number of rotatable bonds is 10. The molecule has 3 N–H and O–H groups in total. The van der Waals surface area contributed by atoms with Crippen molar-refractivity contribution in [2.45, 2.75) is 32.0 Å². The molecule has 0 saturated carbocycles. The van der Waals surface area contributed by atoms with Gasteiger partial charge in [-0.2, -0.15) is 0 Å². The van der Waals surface area contributed by atoms with Crippen LogP contribution in [0.15, 0.2) is 60.7 Å². The van der Waals surface area contributed by atoms with Crippen molar-refractivity contribution in [3.8, 4) is 0 Å². The molecule has 2 rings (SSSR count). The van der Waals surface area contributed by atoms with E-state index in [1.807, 2.05) is 60.7 Å². The summed E-state index contributed by atoms with van der Waals surface area (Å²) in [6, 6.07) is 17.0. The number of carbonyl (C=O) groups is 3. The monoisotopic (exact) mass is 457 g/mol. The quantitative estimate of drug-likeness (QED) is 0.371. The Hall–Kier alpha value is -3.46. The van der Waals surface area contributed by atoms with Crippen LogP contribution in [0.5, 0.6) is 0 Å². The standard InChI is InChI=1S/C23H27N3O5S/c1-16(22(28)30-2)25-20(32)14-24-21(27)19(13-17-9-5-3-6-10-17)26-23(29)31-15-18-11-7-4-8-12-18/h3-12,16,19H,13-15H2,1-2H3,(H,24,27)(H,25,32)(H,26,29)/t16-,19-/m0/s1. The molecule has 0 radical (unpaired) electrons. The van der Waals surface area contributed by atoms with Gasteiger partial charge in [0, 0.05) is 6.42 Å². The fourth-order valence-corrected chi connectivity index (χ4v) is 3.03. The fraction of sp³-hybridized carbons (Fsp3) is 0.304. The van der Waals surface area contributed by atoms with Crippen molar-refractivity contribution >= 4 is 35.2 Å². The maximum absolute atomic E-state index is 12.8. The number of thiocarbonyl (C=S) groups is 1. The van der Waals surface area contributed by atoms with Gasteiger partial charge < -0.3 is 25.4 Å². The Morgan fingerprint density at radius 2 is 1.53 bits per heavy atom. The zero-order valence-electron chi connectivity index (χ0n) is 18.0. The number of esters is 1. The number of methoxy groups -OCH3 is 1. The summed E-state index contributed by atoms with van der Waals surface area (Å²) in [6.07, 6.45) is -0.434. The van der Waals surface area contributed by atoms with Crippen molar-refractivity contribution < 1.29 is 23.9 Å². The van der Waals surface area contributed by atoms with Crippen LogP contribution < -0.4 is 16.0 Å². The van der Waals surface area contributed by atoms with E-state index >= 15 is 0 Å². The van der Waals surface area contributed by atoms with Crippen LogP contribution in [-0.2, 0) is 32.1 Å². The highest BCUT2D eigenvalue weighted by atomic mass is 32.1. The molecule has 0 aliphatic heterocycles. The Bertz CT molecular complexity index is 908. The average molecular weight is 458 g/mol. The normalized spacial score (nSPS) is 12.1. The first kappa shape index (κ1) is 24.8. The van der Waals surface area contributed by atoms with Crippen molar-refractivity contribution in [1.82, 2.24) is 16.0 Å². The predicted molar refractivity (Wildman–Crippen MR) is 124 cm³/mol. The number of hydrogen-bond donors (Lipinski definition) is 3. The summed E-state index contributed by atoms with van der Waals surface area (Å²) in [7, 11) is 1.28. The zero-order valence-corrected chi connectivity index (χ0v) is 18.8. The van der Waals surface area contributed by atoms with Gasteiger partial charge in [-0.05, 0) is 18.1 Å². The molecular weight excluding hydrogens is 430 g/mol. The highest BCUT2D eigenvalue weighted by Crippen LogP contribution is 2.05. The van der Waals surface area contributed by atoms with Gasteiger partial charge in [0.1, 0.15) is 18.7 Å². The number of amides is 2. The number of benzene rings is 2. The molecule has 0 aliphatic carbocycles. The molecule has 9 heteroatoms. The molecule has 2 aromatic rings. The van der Waals surface area contributed by atoms with Crippen LogP contribution in [0.4, 0.5) is 4.79 Å². The second-order valence-electron chi connectivity index (χ2n) is 6.98. The number of ether oxygens (including phenoxy) is 2. The van der Waals surface area contributed by atoms with E-state index in [0.717, 1.165) is 11.1 Å². The summed E-state index contributed by atoms with van der Waals surface area (Å²) < 4.78 is 9.88. The topological polar surface area (TPSA) is 106 Å². The summed E-state index contributed by atoms with van der Waals surface area (Å²) in [5, 5.41) is 8.08. The average Bonchev–Trinajstić information content (AvgIpc) is 2.81. The Morgan fingerprint density at radius 1 is 0.938 bits per heavy atom. The van der Waals surface area contributed by atoms with Gasteiger partial charge in [-0.15, -0.1) is 0 Å². The second kappa shape index (κ2) is 13.1. The lowest BCUT2D eigenvalue weighted by Crippen LogP contribution is -2.51. The third-order valence-electron chi connectivity index (χ3n) is 4.46. The Morgan fingerprint density at radius 3 is 2.12 bits per heavy atom. The van der Waals surface area contributed by atoms with Crippen LogP contribution in [0.2, 0.25) is 0 Å². The van der Waals surface area contributed by atoms with E-state index in [2.05, 4.69) is 20.7 Å². The van der Waals surface area contributed by atoms with Gasteiger partial charge in [-0.3, -0.25) is 4.79 Å². The molecule has 2 atom stereocenters. The van der Waals surface area contributed by atoms with Crippen LogP contribution >= 0.6 is 12.2 Å². The molecule has 2 amide bonds. The molecule has 0 unspecified atom stereocenters. The molecule has 0 spiro atoms. The number of carbonyl (C=O) groups excluding carboxylic acids is 3. The van der Waals surface area contributed by atoms with Gasteiger partial charge in [0.25, 0.3) is 0 Å². The highest BCUT2D eigenvalue weighted by molar-refractivity contribution is 7.80. The fourth-order valence-electron chi connectivity index (χ4n) is 2.78. The molecule has 0 fully saturated rings. The van der Waals surface area contributed by atoms with Gasteiger partial charge in [-0.25, -0.2) is 9.59 Å². The third kappa shape index (κ3) is 8.73. The van der Waals surface area contributed by atoms with Gasteiger partial charge in [-0.1, -0.05) is 72.9 Å². The molecule has 0 saturated heterocycles. The summed E-state index contributed by atoms with van der Waals surface area (Å²) >= 11 is 5.17. The van der Waals surface area contributed by atoms with Crippen LogP contribution in [0.3, 0.4) is 0 Å². The van der Waals surface area contributed by atoms with Crippen molar-refractivity contribution in [2.24, 2.45) is 0 Å². The van der Waals surface area contributed by atoms with Crippen molar-refractivity contribution in [2.75, 3.05) is 13.7 Å². The summed E-state index contributed by atoms with van der Waals surface area (Å²) in [6.45, 7) is 1.69. The SMILES string of the molecule is COC(=O)[C@H](C)NC(=S)CNC(=O)[C@H](Cc1ccccc1)NC(=O)OCc1ccccc1. The largest absolute Gasteiger partial charge is 0.467 e. The molecule has 0 aromatic heterocycles. The van der Waals surface area contributed by atoms with Crippen LogP contribution in [0.1, 0.15) is 18.1 Å². The Kier molecular flexibility index (Phi) is 10.1. The maximum Gasteiger partial charge on any atom is 0.408 e. The Labute approximate surface area is 192 Å². The predicted octanol–water partition coefficient (Wildman–Crippen LogP) is 2.12. The second-order valence-corrected chi connectivity index (χ2v) is 7.47. The van der Waals surface area contributed by atoms with E-state index in [0.29, 0.717) is 0 Å². The maximum atomic E-state index is 12.8. The summed E-state index contributed by atoms with van der Waals surface area (Å²) in [4.78, 5) is 36.8. The van der Waals surface area contributed by atoms with Gasteiger partial charge in [0.2, 0.25) is 5.91 Å². The molecule has 32 heavy (non-hydrogen) atoms. The van der Waals surface area contributed by atoms with Crippen LogP contribution in [-0.4, -0.2) is 48.7 Å². The first-order chi connectivity index (χ1) is 15.4. The van der Waals surface area contributed by atoms with E-state index < -0.39 is 30.1 Å². The zero-order chi connectivity index (χ0) is 23.3. The minimum Gasteiger partial charge on any atom is -0.467 e. The molecule has 8 nitrogen and oxygen atoms in total. The van der Waals surface area contributed by atoms with Crippen LogP contribution in [0.25, 0.3) is 0 Å². The number of nitrogens with one attached hydrogen (secondary N) is 3. The lowest BCUT2D eigenvalue weighted by molar-refractivity contribution is -0.142. The Balaban J connectivity index is 1.94. The van der Waals surface area contributed by atoms with E-state index in [1.54, 1.807) is 6.92 Å². The number of hydrogen-bond acceptors (Lipinski definition) is 6. The van der Waals surface area contributed by atoms with Crippen molar-refractivity contribution in [3.63, 3.8) is 0 Å².